The van der Waals surface area contributed by atoms with Gasteiger partial charge in [0, 0.05) is 32.1 Å². The largest absolute Gasteiger partial charge is 0.341 e. The molecule has 132 valence electrons. The molecule has 0 saturated carbocycles. The lowest BCUT2D eigenvalue weighted by Gasteiger charge is -2.31. The second-order valence-corrected chi connectivity index (χ2v) is 7.05. The average molecular weight is 339 g/mol. The summed E-state index contributed by atoms with van der Waals surface area (Å²) in [5, 5.41) is 12.1. The maximum absolute atomic E-state index is 13.1. The average Bonchev–Trinajstić information content (AvgIpc) is 3.30. The molecule has 2 aliphatic heterocycles. The minimum Gasteiger partial charge on any atom is -0.341 e. The number of rotatable bonds is 4. The minimum absolute atomic E-state index is 0.204. The molecule has 0 aliphatic carbocycles. The van der Waals surface area contributed by atoms with Crippen molar-refractivity contribution in [2.75, 3.05) is 13.1 Å². The Balaban J connectivity index is 1.54. The van der Waals surface area contributed by atoms with Gasteiger partial charge in [0.25, 0.3) is 0 Å². The Morgan fingerprint density at radius 2 is 1.96 bits per heavy atom. The van der Waals surface area contributed by atoms with Crippen LogP contribution >= 0.6 is 0 Å². The highest BCUT2D eigenvalue weighted by Gasteiger charge is 2.31. The maximum atomic E-state index is 13.1. The Bertz CT molecular complexity index is 736. The molecule has 4 rings (SSSR count). The Hall–Kier alpha value is -2.21. The third-order valence-corrected chi connectivity index (χ3v) is 5.33. The van der Waals surface area contributed by atoms with Gasteiger partial charge in [-0.2, -0.15) is 0 Å². The Morgan fingerprint density at radius 3 is 2.72 bits per heavy atom. The molecule has 6 nitrogen and oxygen atoms in total. The van der Waals surface area contributed by atoms with Crippen molar-refractivity contribution in [3.63, 3.8) is 0 Å². The number of hydrogen-bond donors (Lipinski definition) is 1. The van der Waals surface area contributed by atoms with Crippen molar-refractivity contribution in [3.8, 4) is 0 Å². The minimum atomic E-state index is -0.275. The molecule has 2 atom stereocenters. The summed E-state index contributed by atoms with van der Waals surface area (Å²) in [4.78, 5) is 15.1. The van der Waals surface area contributed by atoms with E-state index in [1.807, 2.05) is 42.2 Å². The van der Waals surface area contributed by atoms with Crippen molar-refractivity contribution in [2.24, 2.45) is 0 Å². The molecule has 25 heavy (non-hydrogen) atoms. The topological polar surface area (TPSA) is 63.1 Å². The molecule has 1 aromatic heterocycles. The van der Waals surface area contributed by atoms with Crippen LogP contribution in [0.25, 0.3) is 0 Å². The summed E-state index contributed by atoms with van der Waals surface area (Å²) in [5.41, 5.74) is 1.05. The SMILES string of the molecule is Cc1nnc2n1CC(NC(C(=O)N1CCCC1)c1ccccc1)CC2. The Labute approximate surface area is 148 Å². The van der Waals surface area contributed by atoms with E-state index < -0.39 is 0 Å². The molecule has 3 heterocycles. The van der Waals surface area contributed by atoms with Gasteiger partial charge in [-0.15, -0.1) is 10.2 Å². The summed E-state index contributed by atoms with van der Waals surface area (Å²) in [6, 6.07) is 10.1. The number of carbonyl (C=O) groups is 1. The molecule has 1 aromatic carbocycles. The van der Waals surface area contributed by atoms with E-state index in [1.54, 1.807) is 0 Å². The summed E-state index contributed by atoms with van der Waals surface area (Å²) < 4.78 is 2.17. The number of fused-ring (bicyclic) bond motifs is 1. The van der Waals surface area contributed by atoms with Gasteiger partial charge in [0.1, 0.15) is 17.7 Å². The zero-order valence-electron chi connectivity index (χ0n) is 14.7. The van der Waals surface area contributed by atoms with Crippen LogP contribution in [0.3, 0.4) is 0 Å². The first-order valence-corrected chi connectivity index (χ1v) is 9.21. The lowest BCUT2D eigenvalue weighted by Crippen LogP contribution is -2.46. The van der Waals surface area contributed by atoms with Gasteiger partial charge in [0.15, 0.2) is 0 Å². The van der Waals surface area contributed by atoms with Crippen LogP contribution in [-0.4, -0.2) is 44.7 Å². The number of benzene rings is 1. The first kappa shape index (κ1) is 16.3. The fourth-order valence-electron chi connectivity index (χ4n) is 3.91. The number of aromatic nitrogens is 3. The number of carbonyl (C=O) groups excluding carboxylic acids is 1. The fraction of sp³-hybridized carbons (Fsp3) is 0.526. The fourth-order valence-corrected chi connectivity index (χ4v) is 3.91. The highest BCUT2D eigenvalue weighted by Crippen LogP contribution is 2.23. The van der Waals surface area contributed by atoms with E-state index in [0.717, 1.165) is 62.5 Å². The molecule has 0 spiro atoms. The summed E-state index contributed by atoms with van der Waals surface area (Å²) in [7, 11) is 0. The van der Waals surface area contributed by atoms with Gasteiger partial charge in [-0.05, 0) is 31.7 Å². The van der Waals surface area contributed by atoms with Crippen molar-refractivity contribution in [3.05, 3.63) is 47.5 Å². The quantitative estimate of drug-likeness (QED) is 0.923. The summed E-state index contributed by atoms with van der Waals surface area (Å²) in [6.07, 6.45) is 4.10. The van der Waals surface area contributed by atoms with Crippen molar-refractivity contribution in [1.29, 1.82) is 0 Å². The maximum Gasteiger partial charge on any atom is 0.244 e. The summed E-state index contributed by atoms with van der Waals surface area (Å²) >= 11 is 0. The van der Waals surface area contributed by atoms with Crippen LogP contribution in [0.4, 0.5) is 0 Å². The molecule has 2 aliphatic rings. The van der Waals surface area contributed by atoms with Gasteiger partial charge >= 0.3 is 0 Å². The van der Waals surface area contributed by atoms with Crippen LogP contribution < -0.4 is 5.32 Å². The molecule has 1 amide bonds. The van der Waals surface area contributed by atoms with Gasteiger partial charge in [-0.1, -0.05) is 30.3 Å². The molecular formula is C19H25N5O. The van der Waals surface area contributed by atoms with Crippen LogP contribution in [0.5, 0.6) is 0 Å². The predicted molar refractivity (Wildman–Crippen MR) is 95.0 cm³/mol. The lowest BCUT2D eigenvalue weighted by molar-refractivity contribution is -0.132. The zero-order valence-corrected chi connectivity index (χ0v) is 14.7. The van der Waals surface area contributed by atoms with E-state index in [9.17, 15) is 4.79 Å². The number of likely N-dealkylation sites (tertiary alicyclic amines) is 1. The molecule has 0 bridgehead atoms. The highest BCUT2D eigenvalue weighted by molar-refractivity contribution is 5.83. The Morgan fingerprint density at radius 1 is 1.20 bits per heavy atom. The zero-order chi connectivity index (χ0) is 17.2. The number of amides is 1. The van der Waals surface area contributed by atoms with E-state index >= 15 is 0 Å². The van der Waals surface area contributed by atoms with Gasteiger partial charge in [-0.3, -0.25) is 10.1 Å². The molecule has 1 saturated heterocycles. The van der Waals surface area contributed by atoms with Crippen LogP contribution in [0.2, 0.25) is 0 Å². The smallest absolute Gasteiger partial charge is 0.244 e. The summed E-state index contributed by atoms with van der Waals surface area (Å²) in [6.45, 7) is 4.57. The van der Waals surface area contributed by atoms with E-state index in [4.69, 9.17) is 0 Å². The van der Waals surface area contributed by atoms with Gasteiger partial charge in [0.2, 0.25) is 5.91 Å². The van der Waals surface area contributed by atoms with Crippen LogP contribution in [0.1, 0.15) is 42.5 Å². The number of nitrogens with zero attached hydrogens (tertiary/aromatic N) is 4. The predicted octanol–water partition coefficient (Wildman–Crippen LogP) is 1.85. The van der Waals surface area contributed by atoms with Crippen molar-refractivity contribution in [2.45, 2.75) is 51.2 Å². The van der Waals surface area contributed by atoms with E-state index in [-0.39, 0.29) is 18.0 Å². The number of aryl methyl sites for hydroxylation is 2. The Kier molecular flexibility index (Phi) is 4.53. The molecule has 6 heteroatoms. The standard InChI is InChI=1S/C19H25N5O/c1-14-21-22-17-10-9-16(13-24(14)17)20-18(15-7-3-2-4-8-15)19(25)23-11-5-6-12-23/h2-4,7-8,16,18,20H,5-6,9-13H2,1H3. The summed E-state index contributed by atoms with van der Waals surface area (Å²) in [5.74, 6) is 2.20. The highest BCUT2D eigenvalue weighted by atomic mass is 16.2. The molecule has 1 N–H and O–H groups in total. The van der Waals surface area contributed by atoms with Crippen LogP contribution in [0, 0.1) is 6.92 Å². The van der Waals surface area contributed by atoms with Crippen molar-refractivity contribution in [1.82, 2.24) is 25.0 Å². The molecule has 2 unspecified atom stereocenters. The van der Waals surface area contributed by atoms with Gasteiger partial charge < -0.3 is 9.47 Å². The van der Waals surface area contributed by atoms with Crippen molar-refractivity contribution < 1.29 is 4.79 Å². The number of nitrogens with one attached hydrogen (secondary N) is 1. The number of hydrogen-bond acceptors (Lipinski definition) is 4. The van der Waals surface area contributed by atoms with E-state index in [1.165, 1.54) is 0 Å². The molecule has 0 radical (unpaired) electrons. The first-order chi connectivity index (χ1) is 12.2. The third kappa shape index (κ3) is 3.31. The molecule has 1 fully saturated rings. The van der Waals surface area contributed by atoms with Gasteiger partial charge in [0.05, 0.1) is 0 Å². The van der Waals surface area contributed by atoms with Crippen LogP contribution in [-0.2, 0) is 17.8 Å². The van der Waals surface area contributed by atoms with E-state index in [2.05, 4.69) is 20.1 Å². The van der Waals surface area contributed by atoms with E-state index in [0.29, 0.717) is 0 Å². The molecule has 2 aromatic rings. The second kappa shape index (κ2) is 6.96. The first-order valence-electron chi connectivity index (χ1n) is 9.21. The monoisotopic (exact) mass is 339 g/mol. The van der Waals surface area contributed by atoms with Gasteiger partial charge in [-0.25, -0.2) is 0 Å². The molecular weight excluding hydrogens is 314 g/mol. The third-order valence-electron chi connectivity index (χ3n) is 5.33. The normalized spacial score (nSPS) is 21.2. The van der Waals surface area contributed by atoms with Crippen LogP contribution in [0.15, 0.2) is 30.3 Å². The van der Waals surface area contributed by atoms with Crippen molar-refractivity contribution >= 4 is 5.91 Å². The lowest BCUT2D eigenvalue weighted by atomic mass is 10.0. The second-order valence-electron chi connectivity index (χ2n) is 7.05.